The van der Waals surface area contributed by atoms with Crippen molar-refractivity contribution in [1.82, 2.24) is 15.1 Å². The summed E-state index contributed by atoms with van der Waals surface area (Å²) in [6.07, 6.45) is 2.36. The van der Waals surface area contributed by atoms with Crippen molar-refractivity contribution in [2.45, 2.75) is 6.42 Å². The second kappa shape index (κ2) is 10.2. The molecule has 0 spiro atoms. The van der Waals surface area contributed by atoms with E-state index in [0.29, 0.717) is 26.2 Å². The van der Waals surface area contributed by atoms with Crippen LogP contribution in [0.4, 0.5) is 0 Å². The van der Waals surface area contributed by atoms with Crippen LogP contribution < -0.4 is 11.1 Å². The summed E-state index contributed by atoms with van der Waals surface area (Å²) in [5.41, 5.74) is 6.91. The van der Waals surface area contributed by atoms with Gasteiger partial charge in [-0.15, -0.1) is 0 Å². The van der Waals surface area contributed by atoms with Crippen molar-refractivity contribution in [3.05, 3.63) is 46.1 Å². The molecule has 0 bridgehead atoms. The lowest BCUT2D eigenvalue weighted by molar-refractivity contribution is -0.128. The van der Waals surface area contributed by atoms with Crippen LogP contribution in [-0.2, 0) is 11.2 Å². The van der Waals surface area contributed by atoms with E-state index in [-0.39, 0.29) is 11.5 Å². The number of nitriles is 1. The van der Waals surface area contributed by atoms with Gasteiger partial charge in [0.05, 0.1) is 0 Å². The van der Waals surface area contributed by atoms with Crippen molar-refractivity contribution in [3.8, 4) is 6.07 Å². The number of carbonyl (C=O) groups excluding carboxylic acids is 1. The number of hydrogen-bond donors (Lipinski definition) is 2. The molecule has 3 N–H and O–H groups in total. The van der Waals surface area contributed by atoms with Gasteiger partial charge >= 0.3 is 0 Å². The van der Waals surface area contributed by atoms with Crippen LogP contribution in [0.3, 0.4) is 0 Å². The van der Waals surface area contributed by atoms with Crippen LogP contribution in [0.2, 0.25) is 0 Å². The molecule has 1 amide bonds. The van der Waals surface area contributed by atoms with Crippen LogP contribution in [-0.4, -0.2) is 61.5 Å². The Morgan fingerprint density at radius 1 is 1.28 bits per heavy atom. The van der Waals surface area contributed by atoms with Gasteiger partial charge in [-0.2, -0.15) is 5.26 Å². The lowest BCUT2D eigenvalue weighted by Crippen LogP contribution is -2.50. The first kappa shape index (κ1) is 19.4. The van der Waals surface area contributed by atoms with E-state index in [4.69, 9.17) is 5.73 Å². The largest absolute Gasteiger partial charge is 0.389 e. The van der Waals surface area contributed by atoms with E-state index in [9.17, 15) is 10.1 Å². The van der Waals surface area contributed by atoms with Crippen molar-refractivity contribution in [3.63, 3.8) is 0 Å². The highest BCUT2D eigenvalue weighted by atomic mass is 79.9. The minimum absolute atomic E-state index is 0.156. The van der Waals surface area contributed by atoms with Gasteiger partial charge in [-0.1, -0.05) is 28.1 Å². The zero-order valence-electron chi connectivity index (χ0n) is 14.2. The molecule has 1 fully saturated rings. The summed E-state index contributed by atoms with van der Waals surface area (Å²) >= 11 is 3.41. The number of piperazine rings is 1. The van der Waals surface area contributed by atoms with E-state index < -0.39 is 0 Å². The fourth-order valence-electron chi connectivity index (χ4n) is 2.71. The molecular weight excluding hydrogens is 382 g/mol. The van der Waals surface area contributed by atoms with Crippen LogP contribution >= 0.6 is 15.9 Å². The fraction of sp³-hybridized carbons (Fsp3) is 0.444. The predicted molar refractivity (Wildman–Crippen MR) is 102 cm³/mol. The number of nitrogens with two attached hydrogens (primary N) is 1. The highest BCUT2D eigenvalue weighted by Crippen LogP contribution is 2.10. The minimum atomic E-state index is -0.203. The van der Waals surface area contributed by atoms with Gasteiger partial charge in [-0.05, 0) is 24.1 Å². The summed E-state index contributed by atoms with van der Waals surface area (Å²) in [5.74, 6) is -0.203. The number of nitrogens with zero attached hydrogens (tertiary/aromatic N) is 3. The topological polar surface area (TPSA) is 85.4 Å². The van der Waals surface area contributed by atoms with Gasteiger partial charge in [0.15, 0.2) is 0 Å². The molecule has 1 aromatic rings. The Bertz CT molecular complexity index is 630. The van der Waals surface area contributed by atoms with Crippen molar-refractivity contribution < 1.29 is 4.79 Å². The molecule has 2 rings (SSSR count). The van der Waals surface area contributed by atoms with Gasteiger partial charge in [0.2, 0.25) is 0 Å². The molecule has 6 nitrogen and oxygen atoms in total. The van der Waals surface area contributed by atoms with Crippen molar-refractivity contribution >= 4 is 21.8 Å². The Kier molecular flexibility index (Phi) is 7.92. The number of hydrogen-bond acceptors (Lipinski definition) is 5. The van der Waals surface area contributed by atoms with Crippen LogP contribution in [0.1, 0.15) is 5.56 Å². The van der Waals surface area contributed by atoms with Gasteiger partial charge in [-0.25, -0.2) is 0 Å². The molecule has 1 heterocycles. The van der Waals surface area contributed by atoms with Crippen LogP contribution in [0, 0.1) is 11.3 Å². The summed E-state index contributed by atoms with van der Waals surface area (Å²) in [4.78, 5) is 16.4. The summed E-state index contributed by atoms with van der Waals surface area (Å²) in [6.45, 7) is 5.02. The molecule has 0 atom stereocenters. The highest BCUT2D eigenvalue weighted by molar-refractivity contribution is 9.10. The Morgan fingerprint density at radius 2 is 1.96 bits per heavy atom. The zero-order valence-corrected chi connectivity index (χ0v) is 15.8. The normalized spacial score (nSPS) is 15.7. The molecule has 0 unspecified atom stereocenters. The van der Waals surface area contributed by atoms with E-state index in [1.165, 1.54) is 11.8 Å². The number of nitrogens with one attached hydrogen (secondary N) is 1. The summed E-state index contributed by atoms with van der Waals surface area (Å²) in [5, 5.41) is 12.4. The molecule has 7 heteroatoms. The van der Waals surface area contributed by atoms with Gasteiger partial charge < -0.3 is 16.0 Å². The molecular formula is C18H24BrN5O. The van der Waals surface area contributed by atoms with E-state index in [1.807, 2.05) is 30.3 Å². The molecule has 0 aromatic heterocycles. The van der Waals surface area contributed by atoms with E-state index in [0.717, 1.165) is 30.5 Å². The smallest absolute Gasteiger partial charge is 0.266 e. The third-order valence-electron chi connectivity index (χ3n) is 4.17. The van der Waals surface area contributed by atoms with E-state index in [2.05, 4.69) is 26.1 Å². The third-order valence-corrected chi connectivity index (χ3v) is 4.70. The Balaban J connectivity index is 1.80. The SMILES string of the molecule is N#C/C(=C/NCCc1ccc(Br)cc1)C(=O)N1CCN(CCN)CC1. The molecule has 1 aliphatic rings. The van der Waals surface area contributed by atoms with Crippen LogP contribution in [0.15, 0.2) is 40.5 Å². The summed E-state index contributed by atoms with van der Waals surface area (Å²) in [7, 11) is 0. The number of carbonyl (C=O) groups is 1. The summed E-state index contributed by atoms with van der Waals surface area (Å²) < 4.78 is 1.05. The second-order valence-corrected chi connectivity index (χ2v) is 6.84. The molecule has 1 aromatic carbocycles. The zero-order chi connectivity index (χ0) is 18.1. The van der Waals surface area contributed by atoms with E-state index >= 15 is 0 Å². The minimum Gasteiger partial charge on any atom is -0.389 e. The monoisotopic (exact) mass is 405 g/mol. The van der Waals surface area contributed by atoms with Crippen molar-refractivity contribution in [1.29, 1.82) is 5.26 Å². The van der Waals surface area contributed by atoms with Crippen LogP contribution in [0.25, 0.3) is 0 Å². The molecule has 0 radical (unpaired) electrons. The van der Waals surface area contributed by atoms with Gasteiger partial charge in [0.1, 0.15) is 11.6 Å². The van der Waals surface area contributed by atoms with Gasteiger partial charge in [0, 0.05) is 56.5 Å². The lowest BCUT2D eigenvalue weighted by Gasteiger charge is -2.34. The maximum absolute atomic E-state index is 12.4. The highest BCUT2D eigenvalue weighted by Gasteiger charge is 2.23. The standard InChI is InChI=1S/C18H24BrN5O/c19-17-3-1-15(2-4-17)5-7-22-14-16(13-21)18(25)24-11-9-23(8-6-20)10-12-24/h1-4,14,22H,5-12,20H2/b16-14-. The molecule has 134 valence electrons. The van der Waals surface area contributed by atoms with E-state index in [1.54, 1.807) is 4.90 Å². The first-order valence-corrected chi connectivity index (χ1v) is 9.23. The number of benzene rings is 1. The third kappa shape index (κ3) is 6.16. The van der Waals surface area contributed by atoms with Crippen molar-refractivity contribution in [2.24, 2.45) is 5.73 Å². The Morgan fingerprint density at radius 3 is 2.56 bits per heavy atom. The summed E-state index contributed by atoms with van der Waals surface area (Å²) in [6, 6.07) is 10.1. The maximum atomic E-state index is 12.4. The fourth-order valence-corrected chi connectivity index (χ4v) is 2.98. The van der Waals surface area contributed by atoms with Crippen molar-refractivity contribution in [2.75, 3.05) is 45.8 Å². The average Bonchev–Trinajstić information content (AvgIpc) is 2.64. The quantitative estimate of drug-likeness (QED) is 0.402. The molecule has 1 aliphatic heterocycles. The molecule has 0 aliphatic carbocycles. The molecule has 1 saturated heterocycles. The molecule has 0 saturated carbocycles. The molecule has 25 heavy (non-hydrogen) atoms. The second-order valence-electron chi connectivity index (χ2n) is 5.92. The Hall–Kier alpha value is -1.88. The van der Waals surface area contributed by atoms with Gasteiger partial charge in [0.25, 0.3) is 5.91 Å². The predicted octanol–water partition coefficient (Wildman–Crippen LogP) is 1.09. The number of rotatable bonds is 7. The van der Waals surface area contributed by atoms with Gasteiger partial charge in [-0.3, -0.25) is 9.69 Å². The number of halogens is 1. The van der Waals surface area contributed by atoms with Crippen LogP contribution in [0.5, 0.6) is 0 Å². The first-order chi connectivity index (χ1) is 12.1. The number of amides is 1. The Labute approximate surface area is 157 Å². The lowest BCUT2D eigenvalue weighted by atomic mass is 10.1. The average molecular weight is 406 g/mol. The first-order valence-electron chi connectivity index (χ1n) is 8.44. The maximum Gasteiger partial charge on any atom is 0.266 e.